The quantitative estimate of drug-likeness (QED) is 0.888. The molecule has 0 unspecified atom stereocenters. The Kier molecular flexibility index (Phi) is 3.25. The standard InChI is InChI=1S/C12H18N4OS/c1-7-8(5-6-13)9(17)16-11(14-7)18-10(15-16)12(2,3)4/h5-6,13H2,1-4H3. The normalized spacial score (nSPS) is 12.3. The number of hydrogen-bond donors (Lipinski definition) is 1. The van der Waals surface area contributed by atoms with Gasteiger partial charge in [0.2, 0.25) is 4.96 Å². The number of fused-ring (bicyclic) bond motifs is 1. The molecule has 98 valence electrons. The van der Waals surface area contributed by atoms with Gasteiger partial charge in [0.15, 0.2) is 0 Å². The molecule has 2 N–H and O–H groups in total. The minimum absolute atomic E-state index is 0.0766. The highest BCUT2D eigenvalue weighted by molar-refractivity contribution is 7.16. The molecule has 0 aliphatic rings. The van der Waals surface area contributed by atoms with E-state index in [1.54, 1.807) is 0 Å². The molecule has 0 aliphatic carbocycles. The van der Waals surface area contributed by atoms with Crippen LogP contribution in [0.2, 0.25) is 0 Å². The summed E-state index contributed by atoms with van der Waals surface area (Å²) in [6, 6.07) is 0. The van der Waals surface area contributed by atoms with Crippen LogP contribution in [0.25, 0.3) is 4.96 Å². The Balaban J connectivity index is 2.71. The Morgan fingerprint density at radius 3 is 2.61 bits per heavy atom. The van der Waals surface area contributed by atoms with Crippen LogP contribution in [0.15, 0.2) is 4.79 Å². The number of nitrogens with zero attached hydrogens (tertiary/aromatic N) is 3. The predicted molar refractivity (Wildman–Crippen MR) is 73.3 cm³/mol. The van der Waals surface area contributed by atoms with Gasteiger partial charge < -0.3 is 5.73 Å². The van der Waals surface area contributed by atoms with E-state index in [9.17, 15) is 4.79 Å². The molecule has 0 radical (unpaired) electrons. The van der Waals surface area contributed by atoms with Crippen molar-refractivity contribution in [3.05, 3.63) is 26.6 Å². The minimum atomic E-state index is -0.0882. The molecule has 2 aromatic heterocycles. The van der Waals surface area contributed by atoms with Gasteiger partial charge in [-0.05, 0) is 19.9 Å². The molecule has 18 heavy (non-hydrogen) atoms. The average Bonchev–Trinajstić information content (AvgIpc) is 2.67. The van der Waals surface area contributed by atoms with E-state index in [0.717, 1.165) is 10.7 Å². The molecule has 0 saturated heterocycles. The van der Waals surface area contributed by atoms with Gasteiger partial charge in [-0.15, -0.1) is 0 Å². The molecule has 0 saturated carbocycles. The molecule has 0 aliphatic heterocycles. The van der Waals surface area contributed by atoms with Crippen molar-refractivity contribution in [2.45, 2.75) is 39.5 Å². The summed E-state index contributed by atoms with van der Waals surface area (Å²) >= 11 is 1.47. The largest absolute Gasteiger partial charge is 0.330 e. The van der Waals surface area contributed by atoms with Crippen molar-refractivity contribution in [2.24, 2.45) is 5.73 Å². The molecule has 5 nitrogen and oxygen atoms in total. The summed E-state index contributed by atoms with van der Waals surface area (Å²) in [7, 11) is 0. The van der Waals surface area contributed by atoms with Crippen LogP contribution >= 0.6 is 11.3 Å². The monoisotopic (exact) mass is 266 g/mol. The van der Waals surface area contributed by atoms with Crippen LogP contribution < -0.4 is 11.3 Å². The number of hydrogen-bond acceptors (Lipinski definition) is 5. The first kappa shape index (κ1) is 13.2. The van der Waals surface area contributed by atoms with Crippen LogP contribution in [0.5, 0.6) is 0 Å². The maximum atomic E-state index is 12.3. The van der Waals surface area contributed by atoms with E-state index in [0.29, 0.717) is 23.5 Å². The summed E-state index contributed by atoms with van der Waals surface area (Å²) in [6.07, 6.45) is 0.545. The Labute approximate surface area is 110 Å². The molecule has 2 rings (SSSR count). The van der Waals surface area contributed by atoms with E-state index in [2.05, 4.69) is 30.9 Å². The number of aryl methyl sites for hydroxylation is 1. The van der Waals surface area contributed by atoms with Gasteiger partial charge in [0, 0.05) is 16.7 Å². The second kappa shape index (κ2) is 4.44. The molecule has 2 heterocycles. The zero-order valence-corrected chi connectivity index (χ0v) is 12.0. The van der Waals surface area contributed by atoms with Gasteiger partial charge in [0.1, 0.15) is 5.01 Å². The fraction of sp³-hybridized carbons (Fsp3) is 0.583. The molecule has 0 spiro atoms. The maximum absolute atomic E-state index is 12.3. The lowest BCUT2D eigenvalue weighted by molar-refractivity contribution is 0.571. The van der Waals surface area contributed by atoms with Crippen LogP contribution in [-0.4, -0.2) is 21.1 Å². The van der Waals surface area contributed by atoms with E-state index < -0.39 is 0 Å². The van der Waals surface area contributed by atoms with Crippen LogP contribution in [0.4, 0.5) is 0 Å². The summed E-state index contributed by atoms with van der Waals surface area (Å²) in [5, 5.41) is 5.30. The van der Waals surface area contributed by atoms with Crippen LogP contribution in [0.1, 0.15) is 37.0 Å². The van der Waals surface area contributed by atoms with E-state index in [-0.39, 0.29) is 11.0 Å². The van der Waals surface area contributed by atoms with Crippen molar-refractivity contribution >= 4 is 16.3 Å². The van der Waals surface area contributed by atoms with E-state index >= 15 is 0 Å². The first-order valence-corrected chi connectivity index (χ1v) is 6.76. The first-order valence-electron chi connectivity index (χ1n) is 5.94. The van der Waals surface area contributed by atoms with Gasteiger partial charge in [-0.25, -0.2) is 4.98 Å². The van der Waals surface area contributed by atoms with Crippen molar-refractivity contribution in [3.63, 3.8) is 0 Å². The van der Waals surface area contributed by atoms with Crippen molar-refractivity contribution in [1.82, 2.24) is 14.6 Å². The third kappa shape index (κ3) is 2.18. The number of nitrogens with two attached hydrogens (primary N) is 1. The zero-order valence-electron chi connectivity index (χ0n) is 11.1. The van der Waals surface area contributed by atoms with Gasteiger partial charge >= 0.3 is 0 Å². The fourth-order valence-corrected chi connectivity index (χ4v) is 2.71. The summed E-state index contributed by atoms with van der Waals surface area (Å²) < 4.78 is 1.41. The molecular formula is C12H18N4OS. The maximum Gasteiger partial charge on any atom is 0.278 e. The fourth-order valence-electron chi connectivity index (χ4n) is 1.71. The molecule has 2 aromatic rings. The van der Waals surface area contributed by atoms with Gasteiger partial charge in [-0.1, -0.05) is 32.1 Å². The van der Waals surface area contributed by atoms with Gasteiger partial charge in [0.05, 0.1) is 0 Å². The molecule has 0 atom stereocenters. The Bertz CT molecular complexity index is 636. The summed E-state index contributed by atoms with van der Waals surface area (Å²) in [6.45, 7) is 8.51. The van der Waals surface area contributed by atoms with Crippen molar-refractivity contribution < 1.29 is 0 Å². The zero-order chi connectivity index (χ0) is 13.5. The van der Waals surface area contributed by atoms with Crippen LogP contribution in [-0.2, 0) is 11.8 Å². The lowest BCUT2D eigenvalue weighted by Crippen LogP contribution is -2.24. The number of rotatable bonds is 2. The Morgan fingerprint density at radius 1 is 1.39 bits per heavy atom. The lowest BCUT2D eigenvalue weighted by Gasteiger charge is -2.12. The summed E-state index contributed by atoms with van der Waals surface area (Å²) in [5.74, 6) is 0. The minimum Gasteiger partial charge on any atom is -0.330 e. The second-order valence-electron chi connectivity index (χ2n) is 5.37. The molecule has 0 bridgehead atoms. The smallest absolute Gasteiger partial charge is 0.278 e. The van der Waals surface area contributed by atoms with Gasteiger partial charge in [-0.2, -0.15) is 9.61 Å². The summed E-state index contributed by atoms with van der Waals surface area (Å²) in [5.41, 5.74) is 6.78. The molecule has 0 fully saturated rings. The van der Waals surface area contributed by atoms with E-state index in [1.165, 1.54) is 15.9 Å². The number of aromatic nitrogens is 3. The van der Waals surface area contributed by atoms with E-state index in [4.69, 9.17) is 5.73 Å². The summed E-state index contributed by atoms with van der Waals surface area (Å²) in [4.78, 5) is 17.4. The SMILES string of the molecule is Cc1nc2sc(C(C)(C)C)nn2c(=O)c1CCN. The third-order valence-electron chi connectivity index (χ3n) is 2.75. The molecule has 0 amide bonds. The Morgan fingerprint density at radius 2 is 2.06 bits per heavy atom. The second-order valence-corrected chi connectivity index (χ2v) is 6.33. The molecular weight excluding hydrogens is 248 g/mol. The topological polar surface area (TPSA) is 73.3 Å². The van der Waals surface area contributed by atoms with Crippen LogP contribution in [0, 0.1) is 6.92 Å². The van der Waals surface area contributed by atoms with Gasteiger partial charge in [0.25, 0.3) is 5.56 Å². The lowest BCUT2D eigenvalue weighted by atomic mass is 9.98. The van der Waals surface area contributed by atoms with Gasteiger partial charge in [-0.3, -0.25) is 4.79 Å². The third-order valence-corrected chi connectivity index (χ3v) is 4.08. The van der Waals surface area contributed by atoms with Crippen molar-refractivity contribution in [3.8, 4) is 0 Å². The molecule has 6 heteroatoms. The van der Waals surface area contributed by atoms with Crippen LogP contribution in [0.3, 0.4) is 0 Å². The predicted octanol–water partition coefficient (Wildman–Crippen LogP) is 1.26. The first-order chi connectivity index (χ1) is 8.34. The molecule has 0 aromatic carbocycles. The van der Waals surface area contributed by atoms with Crippen molar-refractivity contribution in [1.29, 1.82) is 0 Å². The average molecular weight is 266 g/mol. The Hall–Kier alpha value is -1.27. The van der Waals surface area contributed by atoms with E-state index in [1.807, 2.05) is 6.92 Å². The highest BCUT2D eigenvalue weighted by Crippen LogP contribution is 2.26. The highest BCUT2D eigenvalue weighted by atomic mass is 32.1. The van der Waals surface area contributed by atoms with Crippen molar-refractivity contribution in [2.75, 3.05) is 6.54 Å². The highest BCUT2D eigenvalue weighted by Gasteiger charge is 2.21.